The third kappa shape index (κ3) is 4.42. The van der Waals surface area contributed by atoms with E-state index >= 15 is 0 Å². The molecule has 3 rings (SSSR count). The number of amides is 1. The van der Waals surface area contributed by atoms with Crippen molar-refractivity contribution < 1.29 is 9.53 Å². The molecule has 0 unspecified atom stereocenters. The van der Waals surface area contributed by atoms with E-state index in [2.05, 4.69) is 20.7 Å². The largest absolute Gasteiger partial charge is 0.375 e. The van der Waals surface area contributed by atoms with Gasteiger partial charge in [-0.25, -0.2) is 4.68 Å². The monoisotopic (exact) mass is 337 g/mol. The van der Waals surface area contributed by atoms with Gasteiger partial charge in [0.15, 0.2) is 0 Å². The van der Waals surface area contributed by atoms with Crippen LogP contribution in [0.25, 0.3) is 5.69 Å². The summed E-state index contributed by atoms with van der Waals surface area (Å²) in [6, 6.07) is 15.4. The van der Waals surface area contributed by atoms with Gasteiger partial charge in [-0.05, 0) is 42.8 Å². The number of hydrogen-bond donors (Lipinski definition) is 2. The van der Waals surface area contributed by atoms with Crippen LogP contribution in [0, 0.1) is 6.92 Å². The minimum absolute atomic E-state index is 0.0136. The van der Waals surface area contributed by atoms with E-state index in [1.807, 2.05) is 55.5 Å². The van der Waals surface area contributed by atoms with E-state index in [1.54, 1.807) is 11.0 Å². The topological polar surface area (TPSA) is 81.1 Å². The summed E-state index contributed by atoms with van der Waals surface area (Å²) in [4.78, 5) is 15.9. The number of nitrogens with one attached hydrogen (secondary N) is 2. The standard InChI is InChI=1S/C18H19N5O2/c1-13-8-14(20-17(24)11-25-2)10-15(9-13)21-18-19-12-23(22-18)16-6-4-3-5-7-16/h3-10,12H,11H2,1-2H3,(H,20,24)(H,21,22). The Morgan fingerprint density at radius 3 is 2.68 bits per heavy atom. The highest BCUT2D eigenvalue weighted by molar-refractivity contribution is 5.92. The number of hydrogen-bond acceptors (Lipinski definition) is 5. The second kappa shape index (κ2) is 7.59. The lowest BCUT2D eigenvalue weighted by Gasteiger charge is -2.09. The van der Waals surface area contributed by atoms with Gasteiger partial charge in [0, 0.05) is 18.5 Å². The molecule has 0 saturated carbocycles. The lowest BCUT2D eigenvalue weighted by molar-refractivity contribution is -0.119. The number of para-hydroxylation sites is 1. The molecular formula is C18H19N5O2. The molecule has 128 valence electrons. The Kier molecular flexibility index (Phi) is 5.06. The van der Waals surface area contributed by atoms with Crippen molar-refractivity contribution >= 4 is 23.2 Å². The molecule has 0 spiro atoms. The summed E-state index contributed by atoms with van der Waals surface area (Å²) >= 11 is 0. The van der Waals surface area contributed by atoms with Gasteiger partial charge in [-0.15, -0.1) is 5.10 Å². The maximum absolute atomic E-state index is 11.7. The molecule has 2 aromatic carbocycles. The van der Waals surface area contributed by atoms with Crippen molar-refractivity contribution in [3.63, 3.8) is 0 Å². The lowest BCUT2D eigenvalue weighted by atomic mass is 10.2. The molecule has 7 nitrogen and oxygen atoms in total. The van der Waals surface area contributed by atoms with E-state index in [-0.39, 0.29) is 12.5 Å². The third-order valence-electron chi connectivity index (χ3n) is 3.41. The number of rotatable bonds is 6. The van der Waals surface area contributed by atoms with Crippen molar-refractivity contribution in [3.8, 4) is 5.69 Å². The Labute approximate surface area is 145 Å². The van der Waals surface area contributed by atoms with Crippen LogP contribution < -0.4 is 10.6 Å². The normalized spacial score (nSPS) is 10.5. The summed E-state index contributed by atoms with van der Waals surface area (Å²) in [5, 5.41) is 10.4. The van der Waals surface area contributed by atoms with E-state index in [1.165, 1.54) is 7.11 Å². The molecule has 2 N–H and O–H groups in total. The molecule has 7 heteroatoms. The molecule has 0 fully saturated rings. The first-order valence-corrected chi connectivity index (χ1v) is 7.78. The van der Waals surface area contributed by atoms with Crippen LogP contribution in [0.1, 0.15) is 5.56 Å². The number of methoxy groups -OCH3 is 1. The predicted molar refractivity (Wildman–Crippen MR) is 96.3 cm³/mol. The van der Waals surface area contributed by atoms with Crippen LogP contribution in [0.5, 0.6) is 0 Å². The zero-order valence-corrected chi connectivity index (χ0v) is 14.1. The van der Waals surface area contributed by atoms with Crippen LogP contribution >= 0.6 is 0 Å². The molecule has 0 aliphatic heterocycles. The quantitative estimate of drug-likeness (QED) is 0.723. The summed E-state index contributed by atoms with van der Waals surface area (Å²) < 4.78 is 6.52. The van der Waals surface area contributed by atoms with E-state index in [0.717, 1.165) is 16.9 Å². The van der Waals surface area contributed by atoms with Gasteiger partial charge in [-0.3, -0.25) is 4.79 Å². The minimum Gasteiger partial charge on any atom is -0.375 e. The number of carbonyl (C=O) groups is 1. The molecule has 0 saturated heterocycles. The fraction of sp³-hybridized carbons (Fsp3) is 0.167. The van der Waals surface area contributed by atoms with Gasteiger partial charge in [0.25, 0.3) is 0 Å². The lowest BCUT2D eigenvalue weighted by Crippen LogP contribution is -2.17. The van der Waals surface area contributed by atoms with Crippen molar-refractivity contribution in [1.29, 1.82) is 0 Å². The first kappa shape index (κ1) is 16.7. The highest BCUT2D eigenvalue weighted by atomic mass is 16.5. The summed E-state index contributed by atoms with van der Waals surface area (Å²) in [6.07, 6.45) is 1.65. The molecule has 3 aromatic rings. The average Bonchev–Trinajstić information content (AvgIpc) is 3.04. The van der Waals surface area contributed by atoms with E-state index < -0.39 is 0 Å². The fourth-order valence-electron chi connectivity index (χ4n) is 2.41. The molecule has 0 aliphatic carbocycles. The molecule has 0 bridgehead atoms. The fourth-order valence-corrected chi connectivity index (χ4v) is 2.41. The predicted octanol–water partition coefficient (Wildman–Crippen LogP) is 2.90. The molecule has 25 heavy (non-hydrogen) atoms. The van der Waals surface area contributed by atoms with Crippen LogP contribution in [0.15, 0.2) is 54.9 Å². The van der Waals surface area contributed by atoms with Gasteiger partial charge < -0.3 is 15.4 Å². The van der Waals surface area contributed by atoms with E-state index in [0.29, 0.717) is 11.6 Å². The molecule has 1 aromatic heterocycles. The van der Waals surface area contributed by atoms with Crippen molar-refractivity contribution in [3.05, 3.63) is 60.4 Å². The number of anilines is 3. The zero-order valence-electron chi connectivity index (χ0n) is 14.1. The van der Waals surface area contributed by atoms with Gasteiger partial charge in [-0.2, -0.15) is 4.98 Å². The van der Waals surface area contributed by atoms with Crippen LogP contribution in [0.2, 0.25) is 0 Å². The molecule has 1 amide bonds. The first-order valence-electron chi connectivity index (χ1n) is 7.78. The van der Waals surface area contributed by atoms with Crippen LogP contribution in [0.3, 0.4) is 0 Å². The second-order valence-electron chi connectivity index (χ2n) is 5.54. The number of aromatic nitrogens is 3. The number of nitrogens with zero attached hydrogens (tertiary/aromatic N) is 3. The van der Waals surface area contributed by atoms with Crippen LogP contribution in [0.4, 0.5) is 17.3 Å². The van der Waals surface area contributed by atoms with Crippen LogP contribution in [-0.4, -0.2) is 34.4 Å². The Balaban J connectivity index is 1.76. The number of carbonyl (C=O) groups excluding carboxylic acids is 1. The Morgan fingerprint density at radius 1 is 1.16 bits per heavy atom. The van der Waals surface area contributed by atoms with Crippen molar-refractivity contribution in [2.75, 3.05) is 24.4 Å². The number of ether oxygens (including phenoxy) is 1. The van der Waals surface area contributed by atoms with Crippen molar-refractivity contribution in [2.45, 2.75) is 6.92 Å². The molecule has 0 radical (unpaired) electrons. The maximum Gasteiger partial charge on any atom is 0.250 e. The molecule has 0 atom stereocenters. The Bertz CT molecular complexity index is 861. The van der Waals surface area contributed by atoms with Gasteiger partial charge in [-0.1, -0.05) is 18.2 Å². The van der Waals surface area contributed by atoms with Crippen molar-refractivity contribution in [2.24, 2.45) is 0 Å². The SMILES string of the molecule is COCC(=O)Nc1cc(C)cc(Nc2ncn(-c3ccccc3)n2)c1. The molecular weight excluding hydrogens is 318 g/mol. The van der Waals surface area contributed by atoms with E-state index in [9.17, 15) is 4.79 Å². The number of aryl methyl sites for hydroxylation is 1. The summed E-state index contributed by atoms with van der Waals surface area (Å²) in [5.74, 6) is 0.272. The number of benzene rings is 2. The third-order valence-corrected chi connectivity index (χ3v) is 3.41. The average molecular weight is 337 g/mol. The second-order valence-corrected chi connectivity index (χ2v) is 5.54. The zero-order chi connectivity index (χ0) is 17.6. The molecule has 1 heterocycles. The van der Waals surface area contributed by atoms with E-state index in [4.69, 9.17) is 4.74 Å². The summed E-state index contributed by atoms with van der Waals surface area (Å²) in [6.45, 7) is 1.97. The van der Waals surface area contributed by atoms with Gasteiger partial charge >= 0.3 is 0 Å². The summed E-state index contributed by atoms with van der Waals surface area (Å²) in [5.41, 5.74) is 3.41. The van der Waals surface area contributed by atoms with Gasteiger partial charge in [0.1, 0.15) is 12.9 Å². The van der Waals surface area contributed by atoms with Crippen LogP contribution in [-0.2, 0) is 9.53 Å². The Hall–Kier alpha value is -3.19. The van der Waals surface area contributed by atoms with Gasteiger partial charge in [0.2, 0.25) is 11.9 Å². The first-order chi connectivity index (χ1) is 12.1. The minimum atomic E-state index is -0.203. The van der Waals surface area contributed by atoms with Crippen molar-refractivity contribution in [1.82, 2.24) is 14.8 Å². The highest BCUT2D eigenvalue weighted by Crippen LogP contribution is 2.21. The molecule has 0 aliphatic rings. The smallest absolute Gasteiger partial charge is 0.250 e. The summed E-state index contributed by atoms with van der Waals surface area (Å²) in [7, 11) is 1.48. The maximum atomic E-state index is 11.7. The highest BCUT2D eigenvalue weighted by Gasteiger charge is 2.07. The van der Waals surface area contributed by atoms with Gasteiger partial charge in [0.05, 0.1) is 5.69 Å². The Morgan fingerprint density at radius 2 is 1.92 bits per heavy atom.